The highest BCUT2D eigenvalue weighted by Crippen LogP contribution is 2.32. The lowest BCUT2D eigenvalue weighted by Gasteiger charge is -2.33. The average molecular weight is 334 g/mol. The predicted octanol–water partition coefficient (Wildman–Crippen LogP) is 2.62. The molecule has 2 fully saturated rings. The molecule has 1 saturated carbocycles. The van der Waals surface area contributed by atoms with E-state index in [0.29, 0.717) is 11.5 Å². The fraction of sp³-hybridized carbons (Fsp3) is 0.611. The van der Waals surface area contributed by atoms with E-state index in [-0.39, 0.29) is 11.9 Å². The van der Waals surface area contributed by atoms with Crippen molar-refractivity contribution in [1.82, 2.24) is 10.2 Å². The second-order valence-corrected chi connectivity index (χ2v) is 7.80. The molecule has 2 N–H and O–H groups in total. The minimum atomic E-state index is 0.180. The van der Waals surface area contributed by atoms with Crippen LogP contribution in [0.3, 0.4) is 0 Å². The molecule has 1 saturated heterocycles. The first-order chi connectivity index (χ1) is 11.2. The monoisotopic (exact) mass is 334 g/mol. The molecular weight excluding hydrogens is 308 g/mol. The van der Waals surface area contributed by atoms with Gasteiger partial charge in [0.2, 0.25) is 5.91 Å². The Morgan fingerprint density at radius 1 is 1.35 bits per heavy atom. The summed E-state index contributed by atoms with van der Waals surface area (Å²) in [5.41, 5.74) is 1.12. The van der Waals surface area contributed by atoms with Crippen molar-refractivity contribution >= 4 is 17.7 Å². The zero-order chi connectivity index (χ0) is 16.1. The highest BCUT2D eigenvalue weighted by atomic mass is 32.2. The van der Waals surface area contributed by atoms with Gasteiger partial charge in [0.05, 0.1) is 5.75 Å². The van der Waals surface area contributed by atoms with Gasteiger partial charge in [-0.25, -0.2) is 0 Å². The van der Waals surface area contributed by atoms with Gasteiger partial charge in [-0.15, -0.1) is 0 Å². The number of hydrogen-bond donors (Lipinski definition) is 2. The number of aromatic hydroxyl groups is 1. The van der Waals surface area contributed by atoms with Gasteiger partial charge in [-0.05, 0) is 61.6 Å². The van der Waals surface area contributed by atoms with Crippen LogP contribution in [-0.2, 0) is 11.3 Å². The molecule has 2 aliphatic rings. The van der Waals surface area contributed by atoms with Crippen molar-refractivity contribution < 1.29 is 9.90 Å². The summed E-state index contributed by atoms with van der Waals surface area (Å²) in [4.78, 5) is 14.4. The summed E-state index contributed by atoms with van der Waals surface area (Å²) in [5, 5.41) is 12.8. The summed E-state index contributed by atoms with van der Waals surface area (Å²) < 4.78 is 0. The number of thioether (sulfide) groups is 1. The minimum absolute atomic E-state index is 0.180. The van der Waals surface area contributed by atoms with Gasteiger partial charge >= 0.3 is 0 Å². The number of rotatable bonds is 7. The Hall–Kier alpha value is -1.20. The number of phenolic OH excluding ortho intramolecular Hbond substituents is 1. The lowest BCUT2D eigenvalue weighted by Crippen LogP contribution is -2.47. The van der Waals surface area contributed by atoms with Crippen LogP contribution in [0, 0.1) is 5.92 Å². The van der Waals surface area contributed by atoms with Crippen molar-refractivity contribution in [1.29, 1.82) is 0 Å². The second kappa shape index (κ2) is 8.06. The number of phenols is 1. The van der Waals surface area contributed by atoms with Gasteiger partial charge in [0, 0.05) is 19.1 Å². The zero-order valence-corrected chi connectivity index (χ0v) is 14.4. The smallest absolute Gasteiger partial charge is 0.230 e. The molecule has 1 aromatic carbocycles. The number of hydrogen-bond acceptors (Lipinski definition) is 4. The van der Waals surface area contributed by atoms with Gasteiger partial charge < -0.3 is 10.4 Å². The van der Waals surface area contributed by atoms with Crippen LogP contribution in [0.5, 0.6) is 5.75 Å². The van der Waals surface area contributed by atoms with Gasteiger partial charge in [-0.1, -0.05) is 12.1 Å². The molecule has 1 aromatic rings. The number of nitrogens with zero attached hydrogens (tertiary/aromatic N) is 1. The third-order valence-corrected chi connectivity index (χ3v) is 5.64. The number of amides is 1. The summed E-state index contributed by atoms with van der Waals surface area (Å²) >= 11 is 1.77. The molecule has 0 spiro atoms. The molecule has 0 aromatic heterocycles. The van der Waals surface area contributed by atoms with Crippen molar-refractivity contribution in [2.45, 2.75) is 38.3 Å². The molecule has 1 amide bonds. The van der Waals surface area contributed by atoms with Crippen molar-refractivity contribution in [3.05, 3.63) is 29.8 Å². The quantitative estimate of drug-likeness (QED) is 0.805. The molecule has 5 heteroatoms. The Balaban J connectivity index is 1.41. The van der Waals surface area contributed by atoms with E-state index in [1.54, 1.807) is 17.8 Å². The molecule has 1 heterocycles. The van der Waals surface area contributed by atoms with Gasteiger partial charge in [0.25, 0.3) is 0 Å². The number of nitrogens with one attached hydrogen (secondary N) is 1. The summed E-state index contributed by atoms with van der Waals surface area (Å²) in [6, 6.07) is 7.69. The SMILES string of the molecule is O=C(CSCC1CC1)NC1CCCN(Cc2cccc(O)c2)C1. The molecule has 23 heavy (non-hydrogen) atoms. The maximum Gasteiger partial charge on any atom is 0.230 e. The largest absolute Gasteiger partial charge is 0.508 e. The van der Waals surface area contributed by atoms with E-state index in [4.69, 9.17) is 0 Å². The van der Waals surface area contributed by atoms with Crippen LogP contribution in [-0.4, -0.2) is 46.6 Å². The maximum absolute atomic E-state index is 12.0. The molecule has 4 nitrogen and oxygen atoms in total. The van der Waals surface area contributed by atoms with E-state index in [9.17, 15) is 9.90 Å². The number of carbonyl (C=O) groups excluding carboxylic acids is 1. The van der Waals surface area contributed by atoms with Gasteiger partial charge in [-0.2, -0.15) is 11.8 Å². The number of likely N-dealkylation sites (tertiary alicyclic amines) is 1. The zero-order valence-electron chi connectivity index (χ0n) is 13.5. The first kappa shape index (κ1) is 16.7. The third kappa shape index (κ3) is 5.74. The topological polar surface area (TPSA) is 52.6 Å². The third-order valence-electron chi connectivity index (χ3n) is 4.47. The van der Waals surface area contributed by atoms with Gasteiger partial charge in [-0.3, -0.25) is 9.69 Å². The minimum Gasteiger partial charge on any atom is -0.508 e. The number of benzene rings is 1. The van der Waals surface area contributed by atoms with Gasteiger partial charge in [0.1, 0.15) is 5.75 Å². The first-order valence-corrected chi connectivity index (χ1v) is 9.72. The van der Waals surface area contributed by atoms with Crippen molar-refractivity contribution in [3.8, 4) is 5.75 Å². The van der Waals surface area contributed by atoms with Crippen LogP contribution < -0.4 is 5.32 Å². The number of piperidine rings is 1. The number of carbonyl (C=O) groups is 1. The second-order valence-electron chi connectivity index (χ2n) is 6.77. The van der Waals surface area contributed by atoms with E-state index in [2.05, 4.69) is 10.2 Å². The Labute approximate surface area is 142 Å². The normalized spacial score (nSPS) is 22.0. The molecular formula is C18H26N2O2S. The van der Waals surface area contributed by atoms with E-state index in [0.717, 1.165) is 49.7 Å². The lowest BCUT2D eigenvalue weighted by atomic mass is 10.0. The average Bonchev–Trinajstić information content (AvgIpc) is 3.32. The first-order valence-electron chi connectivity index (χ1n) is 8.56. The summed E-state index contributed by atoms with van der Waals surface area (Å²) in [6.07, 6.45) is 4.87. The van der Waals surface area contributed by atoms with Crippen molar-refractivity contribution in [2.24, 2.45) is 5.92 Å². The van der Waals surface area contributed by atoms with Crippen LogP contribution >= 0.6 is 11.8 Å². The lowest BCUT2D eigenvalue weighted by molar-refractivity contribution is -0.119. The van der Waals surface area contributed by atoms with Gasteiger partial charge in [0.15, 0.2) is 0 Å². The van der Waals surface area contributed by atoms with Crippen LogP contribution in [0.4, 0.5) is 0 Å². The standard InChI is InChI=1S/C18H26N2O2S/c21-17-5-1-3-15(9-17)10-20-8-2-4-16(11-20)19-18(22)13-23-12-14-6-7-14/h1,3,5,9,14,16,21H,2,4,6-8,10-13H2,(H,19,22). The van der Waals surface area contributed by atoms with Crippen molar-refractivity contribution in [2.75, 3.05) is 24.6 Å². The van der Waals surface area contributed by atoms with E-state index < -0.39 is 0 Å². The molecule has 126 valence electrons. The molecule has 1 unspecified atom stereocenters. The molecule has 1 aliphatic heterocycles. The summed E-state index contributed by atoms with van der Waals surface area (Å²) in [6.45, 7) is 2.78. The van der Waals surface area contributed by atoms with Crippen LogP contribution in [0.15, 0.2) is 24.3 Å². The fourth-order valence-electron chi connectivity index (χ4n) is 3.10. The fourth-order valence-corrected chi connectivity index (χ4v) is 4.16. The highest BCUT2D eigenvalue weighted by Gasteiger charge is 2.23. The highest BCUT2D eigenvalue weighted by molar-refractivity contribution is 7.99. The van der Waals surface area contributed by atoms with E-state index in [1.807, 2.05) is 18.2 Å². The summed E-state index contributed by atoms with van der Waals surface area (Å²) in [5.74, 6) is 3.11. The molecule has 1 aliphatic carbocycles. The molecule has 3 rings (SSSR count). The van der Waals surface area contributed by atoms with Crippen LogP contribution in [0.25, 0.3) is 0 Å². The summed E-state index contributed by atoms with van der Waals surface area (Å²) in [7, 11) is 0. The van der Waals surface area contributed by atoms with Crippen molar-refractivity contribution in [3.63, 3.8) is 0 Å². The Morgan fingerprint density at radius 3 is 3.00 bits per heavy atom. The van der Waals surface area contributed by atoms with E-state index >= 15 is 0 Å². The van der Waals surface area contributed by atoms with Crippen LogP contribution in [0.2, 0.25) is 0 Å². The Bertz CT molecular complexity index is 534. The molecule has 1 atom stereocenters. The van der Waals surface area contributed by atoms with Crippen LogP contribution in [0.1, 0.15) is 31.2 Å². The molecule has 0 bridgehead atoms. The van der Waals surface area contributed by atoms with E-state index in [1.165, 1.54) is 12.8 Å². The Kier molecular flexibility index (Phi) is 5.84. The Morgan fingerprint density at radius 2 is 2.22 bits per heavy atom. The predicted molar refractivity (Wildman–Crippen MR) is 94.6 cm³/mol. The maximum atomic E-state index is 12.0. The molecule has 0 radical (unpaired) electrons.